The average Bonchev–Trinajstić information content (AvgIpc) is 3.57. The Morgan fingerprint density at radius 3 is 2.50 bits per heavy atom. The van der Waals surface area contributed by atoms with E-state index in [1.54, 1.807) is 18.1 Å². The number of hydrogen-bond donors (Lipinski definition) is 1. The van der Waals surface area contributed by atoms with Gasteiger partial charge in [0.2, 0.25) is 5.91 Å². The zero-order valence-corrected chi connectivity index (χ0v) is 18.1. The molecule has 2 aromatic carbocycles. The van der Waals surface area contributed by atoms with Crippen LogP contribution in [-0.2, 0) is 24.3 Å². The van der Waals surface area contributed by atoms with Crippen molar-refractivity contribution in [1.29, 1.82) is 0 Å². The third-order valence-electron chi connectivity index (χ3n) is 5.45. The number of carbonyl (C=O) groups is 2. The molecule has 1 aliphatic rings. The van der Waals surface area contributed by atoms with Gasteiger partial charge in [0.1, 0.15) is 5.75 Å². The molecule has 7 nitrogen and oxygen atoms in total. The highest BCUT2D eigenvalue weighted by Crippen LogP contribution is 2.32. The maximum absolute atomic E-state index is 12.7. The molecule has 0 aliphatic heterocycles. The Balaban J connectivity index is 1.32. The molecule has 2 amide bonds. The molecule has 166 valence electrons. The van der Waals surface area contributed by atoms with Crippen LogP contribution in [0.15, 0.2) is 65.2 Å². The van der Waals surface area contributed by atoms with E-state index in [1.807, 2.05) is 54.6 Å². The molecule has 4 rings (SSSR count). The summed E-state index contributed by atoms with van der Waals surface area (Å²) in [6, 6.07) is 19.2. The number of aromatic nitrogens is 1. The maximum Gasteiger partial charge on any atom is 0.273 e. The fourth-order valence-electron chi connectivity index (χ4n) is 3.49. The molecule has 1 fully saturated rings. The lowest BCUT2D eigenvalue weighted by molar-refractivity contribution is -0.134. The van der Waals surface area contributed by atoms with Gasteiger partial charge in [0, 0.05) is 25.1 Å². The number of hydrogen-bond acceptors (Lipinski definition) is 5. The molecule has 7 heteroatoms. The molecule has 1 aromatic heterocycles. The van der Waals surface area contributed by atoms with Gasteiger partial charge >= 0.3 is 0 Å². The first-order valence-corrected chi connectivity index (χ1v) is 10.8. The smallest absolute Gasteiger partial charge is 0.273 e. The normalized spacial score (nSPS) is 12.9. The van der Waals surface area contributed by atoms with Crippen LogP contribution in [0.3, 0.4) is 0 Å². The average molecular weight is 434 g/mol. The minimum atomic E-state index is -0.295. The first-order chi connectivity index (χ1) is 15.6. The van der Waals surface area contributed by atoms with Crippen LogP contribution in [0.1, 0.15) is 40.2 Å². The van der Waals surface area contributed by atoms with Gasteiger partial charge in [0.15, 0.2) is 11.5 Å². The van der Waals surface area contributed by atoms with E-state index in [1.165, 1.54) is 0 Å². The van der Waals surface area contributed by atoms with E-state index in [0.717, 1.165) is 29.7 Å². The van der Waals surface area contributed by atoms with Gasteiger partial charge in [0.05, 0.1) is 13.7 Å². The van der Waals surface area contributed by atoms with Crippen molar-refractivity contribution < 1.29 is 18.8 Å². The van der Waals surface area contributed by atoms with Crippen LogP contribution in [-0.4, -0.2) is 35.5 Å². The van der Waals surface area contributed by atoms with E-state index >= 15 is 0 Å². The first-order valence-electron chi connectivity index (χ1n) is 10.8. The number of benzene rings is 2. The van der Waals surface area contributed by atoms with Crippen molar-refractivity contribution in [2.45, 2.75) is 32.4 Å². The second-order valence-electron chi connectivity index (χ2n) is 7.99. The zero-order valence-electron chi connectivity index (χ0n) is 18.1. The number of amides is 2. The largest absolute Gasteiger partial charge is 0.497 e. The predicted octanol–water partition coefficient (Wildman–Crippen LogP) is 3.59. The highest BCUT2D eigenvalue weighted by molar-refractivity contribution is 5.92. The Bertz CT molecular complexity index is 1040. The van der Waals surface area contributed by atoms with Crippen LogP contribution in [0, 0.1) is 5.92 Å². The molecule has 0 atom stereocenters. The topological polar surface area (TPSA) is 84.7 Å². The SMILES string of the molecule is COc1ccc(CCNC(=O)c2cc(CN(Cc3ccccc3)C(=O)C3CC3)on2)cc1. The van der Waals surface area contributed by atoms with E-state index < -0.39 is 0 Å². The summed E-state index contributed by atoms with van der Waals surface area (Å²) in [5.74, 6) is 1.22. The maximum atomic E-state index is 12.7. The third kappa shape index (κ3) is 5.75. The third-order valence-corrected chi connectivity index (χ3v) is 5.45. The van der Waals surface area contributed by atoms with Gasteiger partial charge in [-0.2, -0.15) is 0 Å². The number of ether oxygens (including phenoxy) is 1. The van der Waals surface area contributed by atoms with Gasteiger partial charge in [-0.3, -0.25) is 9.59 Å². The Morgan fingerprint density at radius 1 is 1.06 bits per heavy atom. The van der Waals surface area contributed by atoms with Crippen molar-refractivity contribution in [2.75, 3.05) is 13.7 Å². The predicted molar refractivity (Wildman–Crippen MR) is 119 cm³/mol. The summed E-state index contributed by atoms with van der Waals surface area (Å²) in [7, 11) is 1.63. The molecule has 0 bridgehead atoms. The van der Waals surface area contributed by atoms with Crippen LogP contribution in [0.4, 0.5) is 0 Å². The lowest BCUT2D eigenvalue weighted by Gasteiger charge is -2.21. The van der Waals surface area contributed by atoms with Crippen molar-refractivity contribution in [2.24, 2.45) is 5.92 Å². The molecule has 0 radical (unpaired) electrons. The first kappa shape index (κ1) is 21.6. The molecule has 0 unspecified atom stereocenters. The Morgan fingerprint density at radius 2 is 1.81 bits per heavy atom. The standard InChI is InChI=1S/C25H27N3O4/c1-31-21-11-7-18(8-12-21)13-14-26-24(29)23-15-22(32-27-23)17-28(25(30)20-9-10-20)16-19-5-3-2-4-6-19/h2-8,11-12,15,20H,9-10,13-14,16-17H2,1H3,(H,26,29). The van der Waals surface area contributed by atoms with Crippen molar-refractivity contribution in [1.82, 2.24) is 15.4 Å². The van der Waals surface area contributed by atoms with Gasteiger partial charge in [-0.25, -0.2) is 0 Å². The van der Waals surface area contributed by atoms with Gasteiger partial charge in [-0.05, 0) is 42.5 Å². The van der Waals surface area contributed by atoms with Gasteiger partial charge in [-0.15, -0.1) is 0 Å². The molecule has 3 aromatic rings. The number of nitrogens with zero attached hydrogens (tertiary/aromatic N) is 2. The molecule has 1 aliphatic carbocycles. The number of nitrogens with one attached hydrogen (secondary N) is 1. The molecule has 32 heavy (non-hydrogen) atoms. The van der Waals surface area contributed by atoms with Crippen LogP contribution in [0.25, 0.3) is 0 Å². The lowest BCUT2D eigenvalue weighted by Crippen LogP contribution is -2.31. The Kier molecular flexibility index (Phi) is 6.84. The second-order valence-corrected chi connectivity index (χ2v) is 7.99. The van der Waals surface area contributed by atoms with E-state index in [-0.39, 0.29) is 30.0 Å². The summed E-state index contributed by atoms with van der Waals surface area (Å²) in [4.78, 5) is 27.0. The summed E-state index contributed by atoms with van der Waals surface area (Å²) in [5, 5.41) is 6.76. The van der Waals surface area contributed by atoms with Crippen LogP contribution >= 0.6 is 0 Å². The van der Waals surface area contributed by atoms with Crippen molar-refractivity contribution >= 4 is 11.8 Å². The van der Waals surface area contributed by atoms with Crippen molar-refractivity contribution in [3.05, 3.63) is 83.2 Å². The molecule has 1 saturated carbocycles. The Hall–Kier alpha value is -3.61. The summed E-state index contributed by atoms with van der Waals surface area (Å²) in [6.07, 6.45) is 2.56. The molecular weight excluding hydrogens is 406 g/mol. The number of carbonyl (C=O) groups excluding carboxylic acids is 2. The zero-order chi connectivity index (χ0) is 22.3. The van der Waals surface area contributed by atoms with Crippen molar-refractivity contribution in [3.63, 3.8) is 0 Å². The fraction of sp³-hybridized carbons (Fsp3) is 0.320. The minimum absolute atomic E-state index is 0.0994. The summed E-state index contributed by atoms with van der Waals surface area (Å²) in [6.45, 7) is 1.27. The number of rotatable bonds is 10. The summed E-state index contributed by atoms with van der Waals surface area (Å²) in [5.41, 5.74) is 2.37. The monoisotopic (exact) mass is 433 g/mol. The van der Waals surface area contributed by atoms with Crippen LogP contribution in [0.2, 0.25) is 0 Å². The summed E-state index contributed by atoms with van der Waals surface area (Å²) < 4.78 is 10.5. The van der Waals surface area contributed by atoms with Crippen LogP contribution in [0.5, 0.6) is 5.75 Å². The van der Waals surface area contributed by atoms with Gasteiger partial charge in [0.25, 0.3) is 5.91 Å². The van der Waals surface area contributed by atoms with E-state index in [2.05, 4.69) is 10.5 Å². The lowest BCUT2D eigenvalue weighted by atomic mass is 10.1. The van der Waals surface area contributed by atoms with E-state index in [9.17, 15) is 9.59 Å². The minimum Gasteiger partial charge on any atom is -0.497 e. The highest BCUT2D eigenvalue weighted by atomic mass is 16.5. The molecule has 1 N–H and O–H groups in total. The van der Waals surface area contributed by atoms with Crippen LogP contribution < -0.4 is 10.1 Å². The summed E-state index contributed by atoms with van der Waals surface area (Å²) >= 11 is 0. The number of methoxy groups -OCH3 is 1. The molecule has 0 spiro atoms. The quantitative estimate of drug-likeness (QED) is 0.528. The highest BCUT2D eigenvalue weighted by Gasteiger charge is 2.34. The van der Waals surface area contributed by atoms with Crippen molar-refractivity contribution in [3.8, 4) is 5.75 Å². The second kappa shape index (κ2) is 10.1. The van der Waals surface area contributed by atoms with E-state index in [0.29, 0.717) is 25.3 Å². The van der Waals surface area contributed by atoms with Gasteiger partial charge in [-0.1, -0.05) is 47.6 Å². The molecule has 0 saturated heterocycles. The fourth-order valence-corrected chi connectivity index (χ4v) is 3.49. The van der Waals surface area contributed by atoms with E-state index in [4.69, 9.17) is 9.26 Å². The van der Waals surface area contributed by atoms with Gasteiger partial charge < -0.3 is 19.5 Å². The Labute approximate surface area is 187 Å². The molecular formula is C25H27N3O4. The molecule has 1 heterocycles.